The van der Waals surface area contributed by atoms with Crippen LogP contribution in [0.2, 0.25) is 0 Å². The van der Waals surface area contributed by atoms with Gasteiger partial charge in [0.2, 0.25) is 11.8 Å². The number of anilines is 1. The Kier molecular flexibility index (Phi) is 4.93. The van der Waals surface area contributed by atoms with Crippen molar-refractivity contribution < 1.29 is 38.3 Å². The number of amides is 2. The average Bonchev–Trinajstić information content (AvgIpc) is 3.32. The summed E-state index contributed by atoms with van der Waals surface area (Å²) >= 11 is 3.18. The van der Waals surface area contributed by atoms with Crippen LogP contribution in [-0.4, -0.2) is 46.7 Å². The second-order valence-corrected chi connectivity index (χ2v) is 8.11. The fraction of sp³-hybridized carbons (Fsp3) is 0.368. The number of fused-ring (bicyclic) bond motifs is 5. The van der Waals surface area contributed by atoms with Crippen LogP contribution >= 0.6 is 15.9 Å². The number of imide groups is 1. The zero-order valence-electron chi connectivity index (χ0n) is 16.1. The fourth-order valence-corrected chi connectivity index (χ4v) is 4.79. The highest BCUT2D eigenvalue weighted by atomic mass is 79.9. The minimum absolute atomic E-state index is 0.126. The van der Waals surface area contributed by atoms with Crippen molar-refractivity contribution in [1.82, 2.24) is 0 Å². The number of nitro benzene ring substituents is 1. The molecule has 2 bridgehead atoms. The number of carbonyl (C=O) groups excluding carboxylic acids is 4. The summed E-state index contributed by atoms with van der Waals surface area (Å²) in [5.41, 5.74) is -1.76. The first-order valence-electron chi connectivity index (χ1n) is 9.10. The molecule has 0 N–H and O–H groups in total. The number of nitrogens with zero attached hydrogens (tertiary/aromatic N) is 2. The van der Waals surface area contributed by atoms with Gasteiger partial charge in [0.1, 0.15) is 0 Å². The van der Waals surface area contributed by atoms with E-state index in [1.165, 1.54) is 24.3 Å². The van der Waals surface area contributed by atoms with Crippen molar-refractivity contribution in [2.75, 3.05) is 4.90 Å². The Balaban J connectivity index is 1.75. The lowest BCUT2D eigenvalue weighted by molar-refractivity contribution is -0.384. The second kappa shape index (κ2) is 7.24. The predicted octanol–water partition coefficient (Wildman–Crippen LogP) is 1.62. The monoisotopic (exact) mass is 494 g/mol. The summed E-state index contributed by atoms with van der Waals surface area (Å²) < 4.78 is 16.3. The first-order chi connectivity index (χ1) is 14.6. The van der Waals surface area contributed by atoms with Gasteiger partial charge in [0.05, 0.1) is 28.6 Å². The molecule has 12 heteroatoms. The summed E-state index contributed by atoms with van der Waals surface area (Å²) in [7, 11) is 0. The number of rotatable bonds is 5. The Hall–Kier alpha value is -3.12. The van der Waals surface area contributed by atoms with Gasteiger partial charge in [-0.25, -0.2) is 4.90 Å². The van der Waals surface area contributed by atoms with Crippen molar-refractivity contribution in [3.05, 3.63) is 44.9 Å². The van der Waals surface area contributed by atoms with Crippen LogP contribution in [0.5, 0.6) is 0 Å². The molecule has 3 aliphatic heterocycles. The summed E-state index contributed by atoms with van der Waals surface area (Å²) in [6.07, 6.45) is 0.656. The molecule has 2 fully saturated rings. The molecular weight excluding hydrogens is 480 g/mol. The van der Waals surface area contributed by atoms with Gasteiger partial charge in [-0.2, -0.15) is 0 Å². The maximum atomic E-state index is 13.4. The van der Waals surface area contributed by atoms with Crippen molar-refractivity contribution >= 4 is 51.1 Å². The van der Waals surface area contributed by atoms with E-state index in [2.05, 4.69) is 15.9 Å². The number of ether oxygens (including phenoxy) is 3. The van der Waals surface area contributed by atoms with E-state index in [0.717, 1.165) is 18.7 Å². The van der Waals surface area contributed by atoms with E-state index >= 15 is 0 Å². The number of esters is 2. The second-order valence-electron chi connectivity index (χ2n) is 7.25. The third kappa shape index (κ3) is 3.13. The maximum Gasteiger partial charge on any atom is 0.305 e. The first kappa shape index (κ1) is 21.1. The first-order valence-corrected chi connectivity index (χ1v) is 9.89. The number of benzene rings is 1. The number of hydrogen-bond acceptors (Lipinski definition) is 9. The van der Waals surface area contributed by atoms with Gasteiger partial charge in [0, 0.05) is 30.5 Å². The van der Waals surface area contributed by atoms with Gasteiger partial charge in [-0.15, -0.1) is 0 Å². The number of hydrogen-bond donors (Lipinski definition) is 0. The minimum Gasteiger partial charge on any atom is -0.422 e. The van der Waals surface area contributed by atoms with Gasteiger partial charge in [0.15, 0.2) is 5.60 Å². The van der Waals surface area contributed by atoms with Gasteiger partial charge in [-0.1, -0.05) is 6.08 Å². The lowest BCUT2D eigenvalue weighted by Crippen LogP contribution is -2.52. The molecule has 31 heavy (non-hydrogen) atoms. The molecule has 2 saturated heterocycles. The van der Waals surface area contributed by atoms with Crippen LogP contribution in [0, 0.1) is 22.0 Å². The molecule has 4 atom stereocenters. The van der Waals surface area contributed by atoms with E-state index in [-0.39, 0.29) is 15.8 Å². The summed E-state index contributed by atoms with van der Waals surface area (Å²) in [4.78, 5) is 61.1. The fourth-order valence-electron chi connectivity index (χ4n) is 4.24. The summed E-state index contributed by atoms with van der Waals surface area (Å²) in [6, 6.07) is 3.65. The number of non-ortho nitro benzene ring substituents is 1. The zero-order valence-corrected chi connectivity index (χ0v) is 17.7. The maximum absolute atomic E-state index is 13.4. The van der Waals surface area contributed by atoms with Crippen LogP contribution in [-0.2, 0) is 33.4 Å². The molecule has 0 spiro atoms. The van der Waals surface area contributed by atoms with Crippen molar-refractivity contribution in [1.29, 1.82) is 0 Å². The number of carbonyl (C=O) groups is 4. The normalized spacial score (nSPS) is 28.3. The molecule has 0 radical (unpaired) electrons. The molecule has 11 nitrogen and oxygen atoms in total. The SMILES string of the molecule is CC(=O)OC(OC(C)=O)[C@@]12C=C[C@@H](O1)[C@@H]1C(=O)N(c3ccc([N+](=O)[O-])cc3Br)C(=O)[C@@H]12. The van der Waals surface area contributed by atoms with E-state index in [1.807, 2.05) is 0 Å². The quantitative estimate of drug-likeness (QED) is 0.149. The van der Waals surface area contributed by atoms with E-state index in [0.29, 0.717) is 0 Å². The Morgan fingerprint density at radius 2 is 1.87 bits per heavy atom. The molecule has 0 unspecified atom stereocenters. The molecule has 1 aromatic carbocycles. The van der Waals surface area contributed by atoms with Crippen LogP contribution in [0.25, 0.3) is 0 Å². The molecule has 0 saturated carbocycles. The average molecular weight is 495 g/mol. The molecule has 2 amide bonds. The molecule has 0 aromatic heterocycles. The third-order valence-electron chi connectivity index (χ3n) is 5.38. The molecule has 3 aliphatic rings. The van der Waals surface area contributed by atoms with Crippen LogP contribution in [0.4, 0.5) is 11.4 Å². The van der Waals surface area contributed by atoms with E-state index in [1.54, 1.807) is 6.08 Å². The molecule has 1 aromatic rings. The third-order valence-corrected chi connectivity index (χ3v) is 6.01. The van der Waals surface area contributed by atoms with Gasteiger partial charge in [-0.3, -0.25) is 29.3 Å². The van der Waals surface area contributed by atoms with E-state index < -0.39 is 58.5 Å². The Labute approximate surface area is 183 Å². The molecule has 0 aliphatic carbocycles. The Morgan fingerprint density at radius 3 is 2.42 bits per heavy atom. The predicted molar refractivity (Wildman–Crippen MR) is 104 cm³/mol. The topological polar surface area (TPSA) is 142 Å². The summed E-state index contributed by atoms with van der Waals surface area (Å²) in [5, 5.41) is 11.0. The van der Waals surface area contributed by atoms with Crippen molar-refractivity contribution in [3.63, 3.8) is 0 Å². The minimum atomic E-state index is -1.67. The number of halogens is 1. The summed E-state index contributed by atoms with van der Waals surface area (Å²) in [5.74, 6) is -4.84. The van der Waals surface area contributed by atoms with E-state index in [9.17, 15) is 29.3 Å². The van der Waals surface area contributed by atoms with Gasteiger partial charge < -0.3 is 14.2 Å². The lowest BCUT2D eigenvalue weighted by atomic mass is 9.76. The van der Waals surface area contributed by atoms with Gasteiger partial charge >= 0.3 is 11.9 Å². The largest absolute Gasteiger partial charge is 0.422 e. The van der Waals surface area contributed by atoms with Gasteiger partial charge in [0.25, 0.3) is 12.0 Å². The van der Waals surface area contributed by atoms with Crippen molar-refractivity contribution in [2.24, 2.45) is 11.8 Å². The van der Waals surface area contributed by atoms with Crippen LogP contribution in [0.3, 0.4) is 0 Å². The Bertz CT molecular complexity index is 1050. The highest BCUT2D eigenvalue weighted by Crippen LogP contribution is 2.55. The number of nitro groups is 1. The highest BCUT2D eigenvalue weighted by molar-refractivity contribution is 9.10. The molecule has 4 rings (SSSR count). The van der Waals surface area contributed by atoms with Crippen LogP contribution in [0.1, 0.15) is 13.8 Å². The van der Waals surface area contributed by atoms with E-state index in [4.69, 9.17) is 14.2 Å². The lowest BCUT2D eigenvalue weighted by Gasteiger charge is -2.34. The molecular formula is C19H15BrN2O9. The summed E-state index contributed by atoms with van der Waals surface area (Å²) in [6.45, 7) is 2.22. The highest BCUT2D eigenvalue weighted by Gasteiger charge is 2.72. The smallest absolute Gasteiger partial charge is 0.305 e. The molecule has 3 heterocycles. The Morgan fingerprint density at radius 1 is 1.23 bits per heavy atom. The zero-order chi connectivity index (χ0) is 22.7. The van der Waals surface area contributed by atoms with Crippen LogP contribution in [0.15, 0.2) is 34.8 Å². The van der Waals surface area contributed by atoms with Crippen molar-refractivity contribution in [3.8, 4) is 0 Å². The van der Waals surface area contributed by atoms with Gasteiger partial charge in [-0.05, 0) is 28.1 Å². The van der Waals surface area contributed by atoms with Crippen molar-refractivity contribution in [2.45, 2.75) is 31.8 Å². The van der Waals surface area contributed by atoms with Crippen LogP contribution < -0.4 is 4.90 Å². The standard InChI is InChI=1S/C19H15BrN2O9/c1-8(23)29-18(30-9(2)24)19-6-5-13(31-19)14-15(19)17(26)21(16(14)25)12-4-3-10(22(27)28)7-11(12)20/h3-7,13-15,18H,1-2H3/t13-,14+,15-,19+/m1/s1. The molecule has 162 valence electrons.